The first kappa shape index (κ1) is 11.4. The zero-order valence-electron chi connectivity index (χ0n) is 8.34. The van der Waals surface area contributed by atoms with Crippen molar-refractivity contribution in [3.63, 3.8) is 0 Å². The Morgan fingerprint density at radius 1 is 1.31 bits per heavy atom. The van der Waals surface area contributed by atoms with Crippen LogP contribution < -0.4 is 5.73 Å². The van der Waals surface area contributed by atoms with Crippen LogP contribution in [0.5, 0.6) is 0 Å². The third kappa shape index (κ3) is 2.03. The van der Waals surface area contributed by atoms with Crippen LogP contribution in [0.25, 0.3) is 0 Å². The number of nitrogens with two attached hydrogens (primary N) is 1. The van der Waals surface area contributed by atoms with Gasteiger partial charge in [-0.15, -0.1) is 0 Å². The van der Waals surface area contributed by atoms with Crippen LogP contribution in [0, 0.1) is 11.6 Å². The van der Waals surface area contributed by atoms with Crippen LogP contribution >= 0.6 is 11.6 Å². The first-order valence-corrected chi connectivity index (χ1v) is 5.20. The molecule has 1 aromatic rings. The standard InChI is InChI=1S/C11H10ClF2NO/c12-7-5-8(13)6(4-9(7)14)11(15)10-2-1-3-16-10/h2,4-5,11H,1,3,15H2. The lowest BCUT2D eigenvalue weighted by Crippen LogP contribution is -2.15. The topological polar surface area (TPSA) is 35.2 Å². The summed E-state index contributed by atoms with van der Waals surface area (Å²) in [6.45, 7) is 0.528. The fraction of sp³-hybridized carbons (Fsp3) is 0.273. The van der Waals surface area contributed by atoms with Crippen LogP contribution in [0.1, 0.15) is 18.0 Å². The molecule has 86 valence electrons. The number of hydrogen-bond donors (Lipinski definition) is 1. The second kappa shape index (κ2) is 4.39. The second-order valence-electron chi connectivity index (χ2n) is 3.51. The molecule has 1 unspecified atom stereocenters. The molecule has 0 radical (unpaired) electrons. The highest BCUT2D eigenvalue weighted by Gasteiger charge is 2.21. The SMILES string of the molecule is NC(C1=CCCO1)c1cc(F)c(Cl)cc1F. The Labute approximate surface area is 96.6 Å². The Balaban J connectivity index is 2.36. The van der Waals surface area contributed by atoms with Gasteiger partial charge in [0.2, 0.25) is 0 Å². The van der Waals surface area contributed by atoms with E-state index in [0.717, 1.165) is 18.6 Å². The molecule has 2 nitrogen and oxygen atoms in total. The smallest absolute Gasteiger partial charge is 0.142 e. The van der Waals surface area contributed by atoms with E-state index in [1.165, 1.54) is 0 Å². The molecule has 16 heavy (non-hydrogen) atoms. The minimum Gasteiger partial charge on any atom is -0.496 e. The minimum absolute atomic E-state index is 0.0510. The van der Waals surface area contributed by atoms with Crippen molar-refractivity contribution in [2.75, 3.05) is 6.61 Å². The first-order chi connectivity index (χ1) is 7.59. The zero-order chi connectivity index (χ0) is 11.7. The summed E-state index contributed by atoms with van der Waals surface area (Å²) in [5.41, 5.74) is 5.83. The highest BCUT2D eigenvalue weighted by Crippen LogP contribution is 2.29. The van der Waals surface area contributed by atoms with Gasteiger partial charge >= 0.3 is 0 Å². The predicted octanol–water partition coefficient (Wildman–Crippen LogP) is 2.92. The number of halogens is 3. The van der Waals surface area contributed by atoms with E-state index >= 15 is 0 Å². The molecule has 2 rings (SSSR count). The molecule has 1 aliphatic rings. The molecular formula is C11H10ClF2NO. The molecule has 0 saturated heterocycles. The molecule has 1 atom stereocenters. The van der Waals surface area contributed by atoms with E-state index in [9.17, 15) is 8.78 Å². The normalized spacial score (nSPS) is 16.9. The van der Waals surface area contributed by atoms with Crippen molar-refractivity contribution in [3.05, 3.63) is 46.2 Å². The summed E-state index contributed by atoms with van der Waals surface area (Å²) in [6.07, 6.45) is 2.51. The molecule has 1 aromatic carbocycles. The van der Waals surface area contributed by atoms with Crippen molar-refractivity contribution < 1.29 is 13.5 Å². The first-order valence-electron chi connectivity index (χ1n) is 4.82. The average Bonchev–Trinajstić information content (AvgIpc) is 2.75. The molecule has 5 heteroatoms. The largest absolute Gasteiger partial charge is 0.496 e. The number of benzene rings is 1. The molecule has 0 aliphatic carbocycles. The molecule has 0 spiro atoms. The monoisotopic (exact) mass is 245 g/mol. The molecule has 2 N–H and O–H groups in total. The van der Waals surface area contributed by atoms with Crippen molar-refractivity contribution in [1.82, 2.24) is 0 Å². The van der Waals surface area contributed by atoms with Crippen LogP contribution in [-0.4, -0.2) is 6.61 Å². The van der Waals surface area contributed by atoms with Gasteiger partial charge in [0.15, 0.2) is 0 Å². The van der Waals surface area contributed by atoms with E-state index in [-0.39, 0.29) is 10.6 Å². The van der Waals surface area contributed by atoms with Crippen molar-refractivity contribution in [2.45, 2.75) is 12.5 Å². The van der Waals surface area contributed by atoms with E-state index in [1.807, 2.05) is 0 Å². The molecule has 0 bridgehead atoms. The van der Waals surface area contributed by atoms with Gasteiger partial charge in [-0.2, -0.15) is 0 Å². The molecule has 1 aliphatic heterocycles. The Hall–Kier alpha value is -1.13. The second-order valence-corrected chi connectivity index (χ2v) is 3.92. The van der Waals surface area contributed by atoms with Gasteiger partial charge in [0.05, 0.1) is 17.7 Å². The molecule has 1 heterocycles. The van der Waals surface area contributed by atoms with E-state index in [4.69, 9.17) is 22.1 Å². The predicted molar refractivity (Wildman–Crippen MR) is 56.9 cm³/mol. The average molecular weight is 246 g/mol. The van der Waals surface area contributed by atoms with Crippen LogP contribution in [0.2, 0.25) is 5.02 Å². The highest BCUT2D eigenvalue weighted by molar-refractivity contribution is 6.30. The summed E-state index contributed by atoms with van der Waals surface area (Å²) in [4.78, 5) is 0. The quantitative estimate of drug-likeness (QED) is 0.813. The fourth-order valence-corrected chi connectivity index (χ4v) is 1.73. The maximum absolute atomic E-state index is 13.5. The summed E-state index contributed by atoms with van der Waals surface area (Å²) in [5, 5.41) is -0.255. The summed E-state index contributed by atoms with van der Waals surface area (Å²) in [5.74, 6) is -0.844. The number of hydrogen-bond acceptors (Lipinski definition) is 2. The van der Waals surface area contributed by atoms with Gasteiger partial charge in [-0.1, -0.05) is 11.6 Å². The summed E-state index contributed by atoms with van der Waals surface area (Å²) >= 11 is 5.45. The molecule has 0 fully saturated rings. The highest BCUT2D eigenvalue weighted by atomic mass is 35.5. The lowest BCUT2D eigenvalue weighted by molar-refractivity contribution is 0.224. The molecule has 0 aromatic heterocycles. The lowest BCUT2D eigenvalue weighted by Gasteiger charge is -2.14. The maximum Gasteiger partial charge on any atom is 0.142 e. The van der Waals surface area contributed by atoms with Gasteiger partial charge in [-0.05, 0) is 18.2 Å². The Bertz CT molecular complexity index is 448. The van der Waals surface area contributed by atoms with Crippen LogP contribution in [0.4, 0.5) is 8.78 Å². The fourth-order valence-electron chi connectivity index (χ4n) is 1.58. The van der Waals surface area contributed by atoms with Gasteiger partial charge in [0, 0.05) is 12.0 Å². The number of rotatable bonds is 2. The zero-order valence-corrected chi connectivity index (χ0v) is 9.10. The Morgan fingerprint density at radius 3 is 2.69 bits per heavy atom. The lowest BCUT2D eigenvalue weighted by atomic mass is 10.0. The summed E-state index contributed by atoms with van der Waals surface area (Å²) in [7, 11) is 0. The maximum atomic E-state index is 13.5. The van der Waals surface area contributed by atoms with Gasteiger partial charge in [0.1, 0.15) is 17.4 Å². The van der Waals surface area contributed by atoms with Gasteiger partial charge in [-0.25, -0.2) is 8.78 Å². The Morgan fingerprint density at radius 2 is 2.06 bits per heavy atom. The third-order valence-electron chi connectivity index (χ3n) is 2.41. The minimum atomic E-state index is -0.783. The number of ether oxygens (including phenoxy) is 1. The van der Waals surface area contributed by atoms with Gasteiger partial charge in [0.25, 0.3) is 0 Å². The van der Waals surface area contributed by atoms with Gasteiger partial charge in [-0.3, -0.25) is 0 Å². The summed E-state index contributed by atoms with van der Waals surface area (Å²) in [6, 6.07) is 1.14. The summed E-state index contributed by atoms with van der Waals surface area (Å²) < 4.78 is 31.9. The third-order valence-corrected chi connectivity index (χ3v) is 2.70. The molecule has 0 amide bonds. The van der Waals surface area contributed by atoms with Crippen LogP contribution in [-0.2, 0) is 4.74 Å². The van der Waals surface area contributed by atoms with Crippen molar-refractivity contribution in [3.8, 4) is 0 Å². The van der Waals surface area contributed by atoms with Crippen molar-refractivity contribution in [2.24, 2.45) is 5.73 Å². The van der Waals surface area contributed by atoms with E-state index in [2.05, 4.69) is 0 Å². The van der Waals surface area contributed by atoms with Crippen molar-refractivity contribution in [1.29, 1.82) is 0 Å². The Kier molecular flexibility index (Phi) is 3.12. The molecule has 0 saturated carbocycles. The van der Waals surface area contributed by atoms with Crippen LogP contribution in [0.3, 0.4) is 0 Å². The molecular weight excluding hydrogens is 236 g/mol. The van der Waals surface area contributed by atoms with Gasteiger partial charge < -0.3 is 10.5 Å². The van der Waals surface area contributed by atoms with E-state index in [0.29, 0.717) is 12.4 Å². The van der Waals surface area contributed by atoms with E-state index in [1.54, 1.807) is 6.08 Å². The van der Waals surface area contributed by atoms with E-state index < -0.39 is 17.7 Å². The van der Waals surface area contributed by atoms with Crippen molar-refractivity contribution >= 4 is 11.6 Å². The van der Waals surface area contributed by atoms with Crippen LogP contribution in [0.15, 0.2) is 24.0 Å².